The quantitative estimate of drug-likeness (QED) is 0.610. The molecule has 0 spiro atoms. The van der Waals surface area contributed by atoms with Crippen molar-refractivity contribution in [2.24, 2.45) is 0 Å². The first-order chi connectivity index (χ1) is 13.2. The Labute approximate surface area is 165 Å². The minimum Gasteiger partial charge on any atom is -0.298 e. The predicted molar refractivity (Wildman–Crippen MR) is 110 cm³/mol. The van der Waals surface area contributed by atoms with E-state index < -0.39 is 0 Å². The molecule has 1 saturated carbocycles. The van der Waals surface area contributed by atoms with Crippen molar-refractivity contribution in [1.29, 1.82) is 0 Å². The number of benzene rings is 1. The molecule has 2 aromatic heterocycles. The van der Waals surface area contributed by atoms with Crippen molar-refractivity contribution in [3.05, 3.63) is 51.1 Å². The molecule has 138 valence electrons. The van der Waals surface area contributed by atoms with Crippen LogP contribution in [0.2, 0.25) is 0 Å². The lowest BCUT2D eigenvalue weighted by Gasteiger charge is -2.21. The number of rotatable bonds is 3. The molecule has 2 heterocycles. The topological polar surface area (TPSA) is 52.0 Å². The summed E-state index contributed by atoms with van der Waals surface area (Å²) in [7, 11) is 0. The van der Waals surface area contributed by atoms with Crippen molar-refractivity contribution in [3.8, 4) is 5.69 Å². The highest BCUT2D eigenvalue weighted by molar-refractivity contribution is 8.00. The van der Waals surface area contributed by atoms with E-state index in [0.717, 1.165) is 54.4 Å². The van der Waals surface area contributed by atoms with E-state index in [0.29, 0.717) is 11.6 Å². The Morgan fingerprint density at radius 2 is 1.89 bits per heavy atom. The molecule has 1 fully saturated rings. The van der Waals surface area contributed by atoms with Crippen molar-refractivity contribution >= 4 is 39.1 Å². The summed E-state index contributed by atoms with van der Waals surface area (Å²) < 4.78 is 1.72. The highest BCUT2D eigenvalue weighted by Gasteiger charge is 2.28. The molecule has 0 amide bonds. The van der Waals surface area contributed by atoms with Gasteiger partial charge in [-0.3, -0.25) is 14.2 Å². The molecule has 2 aliphatic carbocycles. The molecule has 1 aromatic carbocycles. The number of Topliss-reactive ketones (excluding diaryl/α,β-unsaturated/α-hetero) is 1. The molecule has 2 aliphatic rings. The molecule has 0 aliphatic heterocycles. The van der Waals surface area contributed by atoms with E-state index in [1.165, 1.54) is 22.2 Å². The number of thioether (sulfide) groups is 1. The van der Waals surface area contributed by atoms with Crippen LogP contribution in [0.1, 0.15) is 42.5 Å². The van der Waals surface area contributed by atoms with Crippen LogP contribution in [-0.4, -0.2) is 20.6 Å². The fraction of sp³-hybridized carbons (Fsp3) is 0.381. The van der Waals surface area contributed by atoms with E-state index in [2.05, 4.69) is 0 Å². The van der Waals surface area contributed by atoms with Gasteiger partial charge in [-0.15, -0.1) is 11.3 Å². The number of thiophene rings is 1. The van der Waals surface area contributed by atoms with Crippen molar-refractivity contribution < 1.29 is 4.79 Å². The monoisotopic (exact) mass is 396 g/mol. The number of fused-ring (bicyclic) bond motifs is 3. The maximum absolute atomic E-state index is 13.5. The average Bonchev–Trinajstić information content (AvgIpc) is 3.25. The third kappa shape index (κ3) is 2.95. The van der Waals surface area contributed by atoms with E-state index in [1.807, 2.05) is 30.3 Å². The van der Waals surface area contributed by atoms with Crippen molar-refractivity contribution in [2.75, 3.05) is 0 Å². The van der Waals surface area contributed by atoms with Gasteiger partial charge in [0.05, 0.1) is 16.3 Å². The Bertz CT molecular complexity index is 1080. The number of hydrogen-bond donors (Lipinski definition) is 0. The minimum absolute atomic E-state index is 0.0105. The van der Waals surface area contributed by atoms with E-state index in [1.54, 1.807) is 15.9 Å². The summed E-state index contributed by atoms with van der Waals surface area (Å²) in [4.78, 5) is 32.9. The number of ketones is 1. The van der Waals surface area contributed by atoms with E-state index in [9.17, 15) is 9.59 Å². The molecule has 27 heavy (non-hydrogen) atoms. The number of nitrogens with zero attached hydrogens (tertiary/aromatic N) is 2. The molecule has 4 nitrogen and oxygen atoms in total. The van der Waals surface area contributed by atoms with Gasteiger partial charge in [-0.2, -0.15) is 0 Å². The van der Waals surface area contributed by atoms with Gasteiger partial charge in [0.2, 0.25) is 0 Å². The number of hydrogen-bond acceptors (Lipinski definition) is 5. The largest absolute Gasteiger partial charge is 0.298 e. The average molecular weight is 397 g/mol. The van der Waals surface area contributed by atoms with Crippen LogP contribution in [0.15, 0.2) is 40.3 Å². The van der Waals surface area contributed by atoms with Crippen LogP contribution in [0.25, 0.3) is 15.9 Å². The van der Waals surface area contributed by atoms with E-state index in [-0.39, 0.29) is 16.6 Å². The maximum Gasteiger partial charge on any atom is 0.267 e. The highest BCUT2D eigenvalue weighted by Crippen LogP contribution is 2.37. The molecule has 0 N–H and O–H groups in total. The molecule has 5 rings (SSSR count). The number of para-hydroxylation sites is 1. The lowest BCUT2D eigenvalue weighted by molar-refractivity contribution is -0.119. The molecular formula is C21H20N2O2S2. The third-order valence-electron chi connectivity index (χ3n) is 5.47. The van der Waals surface area contributed by atoms with Crippen molar-refractivity contribution in [1.82, 2.24) is 9.55 Å². The molecular weight excluding hydrogens is 376 g/mol. The summed E-state index contributed by atoms with van der Waals surface area (Å²) in [5.41, 5.74) is 2.03. The van der Waals surface area contributed by atoms with Gasteiger partial charge in [0, 0.05) is 11.3 Å². The zero-order valence-electron chi connectivity index (χ0n) is 14.9. The van der Waals surface area contributed by atoms with Crippen molar-refractivity contribution in [2.45, 2.75) is 55.4 Å². The Hall–Kier alpha value is -1.92. The second kappa shape index (κ2) is 6.91. The van der Waals surface area contributed by atoms with Crippen molar-refractivity contribution in [3.63, 3.8) is 0 Å². The maximum atomic E-state index is 13.5. The first-order valence-electron chi connectivity index (χ1n) is 9.54. The lowest BCUT2D eigenvalue weighted by Crippen LogP contribution is -2.26. The highest BCUT2D eigenvalue weighted by atomic mass is 32.2. The Balaban J connectivity index is 1.71. The first-order valence-corrected chi connectivity index (χ1v) is 11.2. The molecule has 0 saturated heterocycles. The van der Waals surface area contributed by atoms with Gasteiger partial charge in [0.1, 0.15) is 10.6 Å². The van der Waals surface area contributed by atoms with Gasteiger partial charge >= 0.3 is 0 Å². The zero-order chi connectivity index (χ0) is 18.4. The van der Waals surface area contributed by atoms with Crippen LogP contribution >= 0.6 is 23.1 Å². The normalized spacial score (nSPS) is 19.6. The molecule has 0 radical (unpaired) electrons. The minimum atomic E-state index is -0.0927. The zero-order valence-corrected chi connectivity index (χ0v) is 16.6. The number of aryl methyl sites for hydroxylation is 2. The van der Waals surface area contributed by atoms with Crippen LogP contribution < -0.4 is 5.56 Å². The Kier molecular flexibility index (Phi) is 4.40. The summed E-state index contributed by atoms with van der Waals surface area (Å²) in [5, 5.41) is 1.35. The Morgan fingerprint density at radius 3 is 2.70 bits per heavy atom. The molecule has 6 heteroatoms. The summed E-state index contributed by atoms with van der Waals surface area (Å²) >= 11 is 3.13. The Morgan fingerprint density at radius 1 is 1.04 bits per heavy atom. The molecule has 0 bridgehead atoms. The van der Waals surface area contributed by atoms with Gasteiger partial charge in [0.25, 0.3) is 5.56 Å². The van der Waals surface area contributed by atoms with Crippen LogP contribution in [0.3, 0.4) is 0 Å². The second-order valence-electron chi connectivity index (χ2n) is 7.23. The van der Waals surface area contributed by atoms with Gasteiger partial charge in [-0.25, -0.2) is 4.98 Å². The third-order valence-corrected chi connectivity index (χ3v) is 7.92. The number of carbonyl (C=O) groups is 1. The van der Waals surface area contributed by atoms with Crippen LogP contribution in [-0.2, 0) is 17.6 Å². The fourth-order valence-corrected chi connectivity index (χ4v) is 6.65. The van der Waals surface area contributed by atoms with Crippen LogP contribution in [0.5, 0.6) is 0 Å². The van der Waals surface area contributed by atoms with E-state index in [4.69, 9.17) is 4.98 Å². The SMILES string of the molecule is O=C1CCCC[C@H]1Sc1nc2sc3c(c2c(=O)n1-c1ccccc1)CCC3. The van der Waals surface area contributed by atoms with Crippen LogP contribution in [0.4, 0.5) is 0 Å². The van der Waals surface area contributed by atoms with Gasteiger partial charge in [-0.1, -0.05) is 36.4 Å². The summed E-state index contributed by atoms with van der Waals surface area (Å²) in [6.07, 6.45) is 6.68. The van der Waals surface area contributed by atoms with Crippen LogP contribution in [0, 0.1) is 0 Å². The summed E-state index contributed by atoms with van der Waals surface area (Å²) in [6, 6.07) is 9.69. The number of aromatic nitrogens is 2. The standard InChI is InChI=1S/C21H20N2O2S2/c24-15-10-4-5-11-17(15)27-21-22-19-18(14-9-6-12-16(14)26-19)20(25)23(21)13-7-2-1-3-8-13/h1-3,7-8,17H,4-6,9-12H2/t17-/m1/s1. The molecule has 3 aromatic rings. The summed E-state index contributed by atoms with van der Waals surface area (Å²) in [5.74, 6) is 0.286. The molecule has 1 atom stereocenters. The second-order valence-corrected chi connectivity index (χ2v) is 9.48. The van der Waals surface area contributed by atoms with Gasteiger partial charge < -0.3 is 0 Å². The predicted octanol–water partition coefficient (Wildman–Crippen LogP) is 4.54. The van der Waals surface area contributed by atoms with Gasteiger partial charge in [-0.05, 0) is 49.8 Å². The smallest absolute Gasteiger partial charge is 0.267 e. The number of carbonyl (C=O) groups excluding carboxylic acids is 1. The van der Waals surface area contributed by atoms with Gasteiger partial charge in [0.15, 0.2) is 5.16 Å². The van der Waals surface area contributed by atoms with E-state index >= 15 is 0 Å². The summed E-state index contributed by atoms with van der Waals surface area (Å²) in [6.45, 7) is 0. The fourth-order valence-electron chi connectivity index (χ4n) is 4.11. The first kappa shape index (κ1) is 17.2. The molecule has 0 unspecified atom stereocenters. The lowest BCUT2D eigenvalue weighted by atomic mass is 9.99.